The van der Waals surface area contributed by atoms with Gasteiger partial charge in [0.25, 0.3) is 0 Å². The number of nitrogens with zero attached hydrogens (tertiary/aromatic N) is 4. The van der Waals surface area contributed by atoms with Crippen LogP contribution in [0.25, 0.3) is 5.57 Å². The largest absolute Gasteiger partial charge is 0.498 e. The van der Waals surface area contributed by atoms with Crippen LogP contribution >= 0.6 is 0 Å². The summed E-state index contributed by atoms with van der Waals surface area (Å²) in [5.74, 6) is 3.02. The zero-order chi connectivity index (χ0) is 16.5. The van der Waals surface area contributed by atoms with Gasteiger partial charge in [0.05, 0.1) is 18.1 Å². The Hall–Kier alpha value is -2.15. The molecule has 1 fully saturated rings. The van der Waals surface area contributed by atoms with E-state index in [-0.39, 0.29) is 12.0 Å². The number of hydrogen-bond acceptors (Lipinski definition) is 6. The molecule has 128 valence electrons. The highest BCUT2D eigenvalue weighted by molar-refractivity contribution is 5.60. The van der Waals surface area contributed by atoms with Crippen LogP contribution in [0.4, 0.5) is 0 Å². The van der Waals surface area contributed by atoms with Crippen LogP contribution in [-0.2, 0) is 16.5 Å². The summed E-state index contributed by atoms with van der Waals surface area (Å²) >= 11 is 0. The van der Waals surface area contributed by atoms with Crippen LogP contribution in [0.3, 0.4) is 0 Å². The number of aromatic nitrogens is 4. The van der Waals surface area contributed by atoms with Gasteiger partial charge < -0.3 is 18.5 Å². The molecule has 0 aromatic carbocycles. The summed E-state index contributed by atoms with van der Waals surface area (Å²) in [6, 6.07) is 0. The van der Waals surface area contributed by atoms with Crippen molar-refractivity contribution in [3.63, 3.8) is 0 Å². The van der Waals surface area contributed by atoms with Crippen molar-refractivity contribution in [1.82, 2.24) is 19.7 Å². The lowest BCUT2D eigenvalue weighted by molar-refractivity contribution is -0.0158. The van der Waals surface area contributed by atoms with Crippen molar-refractivity contribution < 1.29 is 13.9 Å². The Kier molecular flexibility index (Phi) is 4.10. The van der Waals surface area contributed by atoms with Crippen molar-refractivity contribution in [3.05, 3.63) is 35.8 Å². The molecule has 0 amide bonds. The molecule has 0 spiro atoms. The fourth-order valence-electron chi connectivity index (χ4n) is 3.44. The molecule has 0 N–H and O–H groups in total. The van der Waals surface area contributed by atoms with Crippen molar-refractivity contribution in [1.29, 1.82) is 0 Å². The van der Waals surface area contributed by atoms with Crippen molar-refractivity contribution in [2.75, 3.05) is 13.2 Å². The van der Waals surface area contributed by atoms with Gasteiger partial charge in [0.15, 0.2) is 0 Å². The van der Waals surface area contributed by atoms with Gasteiger partial charge in [-0.3, -0.25) is 0 Å². The van der Waals surface area contributed by atoms with Gasteiger partial charge in [-0.25, -0.2) is 4.98 Å². The molecule has 2 aliphatic rings. The van der Waals surface area contributed by atoms with E-state index in [2.05, 4.69) is 15.2 Å². The van der Waals surface area contributed by atoms with E-state index in [1.165, 1.54) is 0 Å². The van der Waals surface area contributed by atoms with Gasteiger partial charge in [-0.1, -0.05) is 0 Å². The molecule has 0 unspecified atom stereocenters. The average molecular weight is 330 g/mol. The molecule has 4 heterocycles. The predicted octanol–water partition coefficient (Wildman–Crippen LogP) is 2.98. The Labute approximate surface area is 140 Å². The van der Waals surface area contributed by atoms with Crippen molar-refractivity contribution in [2.24, 2.45) is 7.05 Å². The highest BCUT2D eigenvalue weighted by Crippen LogP contribution is 2.40. The number of hydrogen-bond donors (Lipinski definition) is 0. The van der Waals surface area contributed by atoms with Crippen LogP contribution in [0.5, 0.6) is 0 Å². The Balaban J connectivity index is 1.64. The molecule has 2 aliphatic heterocycles. The van der Waals surface area contributed by atoms with Gasteiger partial charge in [0.2, 0.25) is 11.8 Å². The van der Waals surface area contributed by atoms with Crippen molar-refractivity contribution in [2.45, 2.75) is 44.6 Å². The Morgan fingerprint density at radius 2 is 2.12 bits per heavy atom. The van der Waals surface area contributed by atoms with E-state index >= 15 is 0 Å². The Morgan fingerprint density at radius 3 is 2.92 bits per heavy atom. The minimum absolute atomic E-state index is 0.0338. The summed E-state index contributed by atoms with van der Waals surface area (Å²) < 4.78 is 19.6. The van der Waals surface area contributed by atoms with E-state index < -0.39 is 0 Å². The van der Waals surface area contributed by atoms with E-state index in [0.717, 1.165) is 56.1 Å². The van der Waals surface area contributed by atoms with Crippen molar-refractivity contribution >= 4 is 5.57 Å². The molecule has 1 saturated heterocycles. The summed E-state index contributed by atoms with van der Waals surface area (Å²) in [5.41, 5.74) is 1.02. The second-order valence-electron chi connectivity index (χ2n) is 6.37. The van der Waals surface area contributed by atoms with E-state index in [1.54, 1.807) is 6.20 Å². The third-order valence-corrected chi connectivity index (χ3v) is 4.77. The molecule has 24 heavy (non-hydrogen) atoms. The van der Waals surface area contributed by atoms with Crippen molar-refractivity contribution in [3.8, 4) is 0 Å². The lowest BCUT2D eigenvalue weighted by Crippen LogP contribution is -2.24. The van der Waals surface area contributed by atoms with E-state index in [4.69, 9.17) is 13.9 Å². The van der Waals surface area contributed by atoms with Crippen LogP contribution in [0.1, 0.15) is 62.2 Å². The fraction of sp³-hybridized carbons (Fsp3) is 0.588. The molecule has 7 nitrogen and oxygen atoms in total. The molecular formula is C17H22N4O3. The number of ether oxygens (including phenoxy) is 2. The molecule has 0 bridgehead atoms. The number of aryl methyl sites for hydroxylation is 1. The zero-order valence-corrected chi connectivity index (χ0v) is 14.1. The third-order valence-electron chi connectivity index (χ3n) is 4.77. The molecule has 0 aliphatic carbocycles. The summed E-state index contributed by atoms with van der Waals surface area (Å²) in [5, 5.41) is 8.58. The molecule has 4 rings (SSSR count). The predicted molar refractivity (Wildman–Crippen MR) is 86.0 cm³/mol. The van der Waals surface area contributed by atoms with Crippen LogP contribution in [0.2, 0.25) is 0 Å². The molecule has 0 saturated carbocycles. The first-order valence-electron chi connectivity index (χ1n) is 8.49. The highest BCUT2D eigenvalue weighted by Gasteiger charge is 2.35. The van der Waals surface area contributed by atoms with E-state index in [0.29, 0.717) is 11.8 Å². The Bertz CT molecular complexity index is 749. The lowest BCUT2D eigenvalue weighted by Gasteiger charge is -2.28. The SMILES string of the molecule is CC1=C(c2nnc([C@@H]3CCCO[C@H]3c3nccn3C)o2)CCCO1. The maximum atomic E-state index is 6.02. The Morgan fingerprint density at radius 1 is 1.21 bits per heavy atom. The monoisotopic (exact) mass is 330 g/mol. The summed E-state index contributed by atoms with van der Waals surface area (Å²) in [4.78, 5) is 4.44. The minimum atomic E-state index is -0.148. The lowest BCUT2D eigenvalue weighted by atomic mass is 9.93. The third kappa shape index (κ3) is 2.73. The number of imidazole rings is 1. The molecule has 7 heteroatoms. The van der Waals surface area contributed by atoms with Gasteiger partial charge in [0.1, 0.15) is 17.7 Å². The van der Waals surface area contributed by atoms with Crippen LogP contribution in [-0.4, -0.2) is 33.0 Å². The van der Waals surface area contributed by atoms with Crippen LogP contribution in [0, 0.1) is 0 Å². The molecule has 2 atom stereocenters. The quantitative estimate of drug-likeness (QED) is 0.861. The van der Waals surface area contributed by atoms with E-state index in [1.807, 2.05) is 24.7 Å². The first-order valence-corrected chi connectivity index (χ1v) is 8.49. The van der Waals surface area contributed by atoms with Gasteiger partial charge >= 0.3 is 0 Å². The smallest absolute Gasteiger partial charge is 0.247 e. The summed E-state index contributed by atoms with van der Waals surface area (Å²) in [6.07, 6.45) is 7.39. The summed E-state index contributed by atoms with van der Waals surface area (Å²) in [7, 11) is 1.98. The molecule has 0 radical (unpaired) electrons. The first-order chi connectivity index (χ1) is 11.7. The highest BCUT2D eigenvalue weighted by atomic mass is 16.5. The molecule has 2 aromatic heterocycles. The topological polar surface area (TPSA) is 75.2 Å². The zero-order valence-electron chi connectivity index (χ0n) is 14.1. The summed E-state index contributed by atoms with van der Waals surface area (Å²) in [6.45, 7) is 3.44. The number of allylic oxidation sites excluding steroid dienone is 2. The normalized spacial score (nSPS) is 24.9. The second kappa shape index (κ2) is 6.39. The van der Waals surface area contributed by atoms with Crippen LogP contribution in [0.15, 0.2) is 22.6 Å². The van der Waals surface area contributed by atoms with Gasteiger partial charge in [-0.05, 0) is 32.6 Å². The average Bonchev–Trinajstić information content (AvgIpc) is 3.24. The van der Waals surface area contributed by atoms with Crippen LogP contribution < -0.4 is 0 Å². The first kappa shape index (κ1) is 15.4. The maximum Gasteiger partial charge on any atom is 0.247 e. The second-order valence-corrected chi connectivity index (χ2v) is 6.37. The van der Waals surface area contributed by atoms with Gasteiger partial charge in [0, 0.05) is 26.0 Å². The fourth-order valence-corrected chi connectivity index (χ4v) is 3.44. The minimum Gasteiger partial charge on any atom is -0.498 e. The van der Waals surface area contributed by atoms with Gasteiger partial charge in [-0.15, -0.1) is 10.2 Å². The number of rotatable bonds is 3. The standard InChI is InChI=1S/C17H22N4O3/c1-11-12(5-3-9-22-11)16-19-20-17(24-16)13-6-4-10-23-14(13)15-18-7-8-21(15)2/h7-8,13-14H,3-6,9-10H2,1-2H3/t13-,14-/m1/s1. The maximum absolute atomic E-state index is 6.02. The molecule has 2 aromatic rings. The van der Waals surface area contributed by atoms with E-state index in [9.17, 15) is 0 Å². The van der Waals surface area contributed by atoms with Gasteiger partial charge in [-0.2, -0.15) is 0 Å². The molecular weight excluding hydrogens is 308 g/mol.